The van der Waals surface area contributed by atoms with Crippen LogP contribution in [0.5, 0.6) is 0 Å². The number of imidazole rings is 2. The molecule has 10 heteroatoms. The Kier molecular flexibility index (Phi) is 7.04. The lowest BCUT2D eigenvalue weighted by atomic mass is 9.76. The summed E-state index contributed by atoms with van der Waals surface area (Å²) in [5.41, 5.74) is 10.8. The van der Waals surface area contributed by atoms with Crippen LogP contribution in [0, 0.1) is 5.92 Å². The molecule has 4 N–H and O–H groups in total. The number of fused-ring (bicyclic) bond motifs is 2. The van der Waals surface area contributed by atoms with Crippen molar-refractivity contribution in [3.63, 3.8) is 0 Å². The Labute approximate surface area is 235 Å². The molecule has 1 aliphatic heterocycles. The molecule has 2 fully saturated rings. The lowest BCUT2D eigenvalue weighted by Crippen LogP contribution is -2.52. The molecule has 4 heterocycles. The lowest BCUT2D eigenvalue weighted by Gasteiger charge is -2.46. The van der Waals surface area contributed by atoms with Gasteiger partial charge in [-0.05, 0) is 62.1 Å². The molecule has 1 saturated carbocycles. The number of aromatic nitrogens is 6. The van der Waals surface area contributed by atoms with E-state index in [1.54, 1.807) is 6.33 Å². The molecule has 214 valence electrons. The third-order valence-electron chi connectivity index (χ3n) is 8.82. The maximum atomic E-state index is 10.9. The van der Waals surface area contributed by atoms with E-state index in [-0.39, 0.29) is 17.7 Å². The van der Waals surface area contributed by atoms with Gasteiger partial charge in [-0.2, -0.15) is 0 Å². The number of rotatable bonds is 8. The number of aryl methyl sites for hydroxylation is 1. The summed E-state index contributed by atoms with van der Waals surface area (Å²) in [6, 6.07) is 7.45. The normalized spacial score (nSPS) is 25.4. The van der Waals surface area contributed by atoms with Crippen molar-refractivity contribution in [1.29, 1.82) is 0 Å². The van der Waals surface area contributed by atoms with E-state index in [1.807, 2.05) is 4.57 Å². The quantitative estimate of drug-likeness (QED) is 0.297. The minimum absolute atomic E-state index is 0.126. The van der Waals surface area contributed by atoms with Gasteiger partial charge in [0.15, 0.2) is 11.5 Å². The van der Waals surface area contributed by atoms with Crippen LogP contribution in [0.1, 0.15) is 77.9 Å². The van der Waals surface area contributed by atoms with Crippen LogP contribution in [-0.2, 0) is 16.6 Å². The number of nitrogen functional groups attached to an aromatic ring is 1. The number of aliphatic hydroxyl groups is 1. The van der Waals surface area contributed by atoms with Gasteiger partial charge in [-0.25, -0.2) is 19.9 Å². The molecule has 40 heavy (non-hydrogen) atoms. The third-order valence-corrected chi connectivity index (χ3v) is 8.82. The predicted molar refractivity (Wildman–Crippen MR) is 156 cm³/mol. The van der Waals surface area contributed by atoms with Gasteiger partial charge in [-0.15, -0.1) is 0 Å². The summed E-state index contributed by atoms with van der Waals surface area (Å²) in [7, 11) is 0. The molecule has 1 saturated heterocycles. The van der Waals surface area contributed by atoms with Gasteiger partial charge < -0.3 is 20.6 Å². The highest BCUT2D eigenvalue weighted by molar-refractivity contribution is 5.81. The highest BCUT2D eigenvalue weighted by Crippen LogP contribution is 2.38. The zero-order valence-corrected chi connectivity index (χ0v) is 24.2. The zero-order chi connectivity index (χ0) is 28.2. The summed E-state index contributed by atoms with van der Waals surface area (Å²) in [6.45, 7) is 11.9. The number of hydrogen-bond acceptors (Lipinski definition) is 8. The van der Waals surface area contributed by atoms with E-state index in [9.17, 15) is 5.11 Å². The van der Waals surface area contributed by atoms with E-state index in [2.05, 4.69) is 77.7 Å². The van der Waals surface area contributed by atoms with Crippen LogP contribution in [0.3, 0.4) is 0 Å². The van der Waals surface area contributed by atoms with E-state index >= 15 is 0 Å². The largest absolute Gasteiger partial charge is 0.390 e. The van der Waals surface area contributed by atoms with Crippen molar-refractivity contribution >= 4 is 28.0 Å². The molecule has 3 atom stereocenters. The first kappa shape index (κ1) is 27.1. The molecule has 4 aromatic rings. The lowest BCUT2D eigenvalue weighted by molar-refractivity contribution is -0.0579. The smallest absolute Gasteiger partial charge is 0.167 e. The number of H-pyrrole nitrogens is 1. The summed E-state index contributed by atoms with van der Waals surface area (Å²) in [4.78, 5) is 23.6. The van der Waals surface area contributed by atoms with E-state index in [0.717, 1.165) is 29.7 Å². The number of nitrogens with one attached hydrogen (secondary N) is 1. The third kappa shape index (κ3) is 5.20. The first-order chi connectivity index (χ1) is 19.1. The number of nitrogens with zero attached hydrogens (tertiary/aromatic N) is 6. The molecule has 0 bridgehead atoms. The van der Waals surface area contributed by atoms with Crippen molar-refractivity contribution in [2.75, 3.05) is 12.3 Å². The van der Waals surface area contributed by atoms with E-state index < -0.39 is 6.10 Å². The molecule has 0 radical (unpaired) electrons. The molecule has 10 nitrogen and oxygen atoms in total. The number of aromatic amines is 1. The van der Waals surface area contributed by atoms with Crippen molar-refractivity contribution in [1.82, 2.24) is 34.4 Å². The number of anilines is 1. The van der Waals surface area contributed by atoms with Gasteiger partial charge in [0.25, 0.3) is 0 Å². The molecule has 0 amide bonds. The summed E-state index contributed by atoms with van der Waals surface area (Å²) >= 11 is 0. The van der Waals surface area contributed by atoms with Gasteiger partial charge >= 0.3 is 0 Å². The highest BCUT2D eigenvalue weighted by atomic mass is 16.5. The van der Waals surface area contributed by atoms with Gasteiger partial charge in [0.05, 0.1) is 29.6 Å². The Morgan fingerprint density at radius 2 is 1.98 bits per heavy atom. The minimum atomic E-state index is -0.550. The van der Waals surface area contributed by atoms with Gasteiger partial charge in [0.1, 0.15) is 23.9 Å². The molecule has 6 rings (SSSR count). The Morgan fingerprint density at radius 3 is 2.73 bits per heavy atom. The summed E-state index contributed by atoms with van der Waals surface area (Å²) in [5.74, 6) is 2.12. The van der Waals surface area contributed by atoms with E-state index in [0.29, 0.717) is 47.9 Å². The minimum Gasteiger partial charge on any atom is -0.390 e. The Morgan fingerprint density at radius 1 is 1.18 bits per heavy atom. The predicted octanol–water partition coefficient (Wildman–Crippen LogP) is 4.35. The van der Waals surface area contributed by atoms with Crippen molar-refractivity contribution in [2.45, 2.75) is 103 Å². The van der Waals surface area contributed by atoms with Crippen LogP contribution in [0.25, 0.3) is 22.2 Å². The van der Waals surface area contributed by atoms with Crippen molar-refractivity contribution < 1.29 is 9.84 Å². The maximum Gasteiger partial charge on any atom is 0.167 e. The van der Waals surface area contributed by atoms with E-state index in [1.165, 1.54) is 24.7 Å². The van der Waals surface area contributed by atoms with E-state index in [4.69, 9.17) is 15.5 Å². The molecule has 1 aromatic carbocycles. The number of nitrogens with two attached hydrogens (primary N) is 1. The summed E-state index contributed by atoms with van der Waals surface area (Å²) in [5, 5.41) is 10.9. The van der Waals surface area contributed by atoms with Crippen molar-refractivity contribution in [2.24, 2.45) is 5.92 Å². The van der Waals surface area contributed by atoms with Crippen LogP contribution in [0.2, 0.25) is 0 Å². The molecule has 3 unspecified atom stereocenters. The highest BCUT2D eigenvalue weighted by Gasteiger charge is 2.41. The fourth-order valence-corrected chi connectivity index (χ4v) is 6.32. The van der Waals surface area contributed by atoms with Gasteiger partial charge in [-0.1, -0.05) is 26.8 Å². The molecular formula is C30H42N8O2. The topological polar surface area (TPSA) is 131 Å². The molecule has 1 aliphatic carbocycles. The second-order valence-corrected chi connectivity index (χ2v) is 13.0. The number of hydrogen-bond donors (Lipinski definition) is 3. The van der Waals surface area contributed by atoms with Crippen LogP contribution in [0.4, 0.5) is 5.82 Å². The Balaban J connectivity index is 1.04. The first-order valence-electron chi connectivity index (χ1n) is 14.6. The maximum absolute atomic E-state index is 10.9. The van der Waals surface area contributed by atoms with Gasteiger partial charge in [-0.3, -0.25) is 9.47 Å². The number of ether oxygens (including phenoxy) is 1. The summed E-state index contributed by atoms with van der Waals surface area (Å²) in [6.07, 6.45) is 6.90. The Hall–Kier alpha value is -3.08. The SMILES string of the molecule is CC(C)N(CC1OC(n2cnc3c(N)ncnc32)CC1O)C1CC(CCc2nc3ccc(C(C)(C)C)cc3[nH]2)C1. The zero-order valence-electron chi connectivity index (χ0n) is 24.2. The molecule has 2 aliphatic rings. The van der Waals surface area contributed by atoms with Crippen LogP contribution in [0.15, 0.2) is 30.9 Å². The molecular weight excluding hydrogens is 504 g/mol. The fraction of sp³-hybridized carbons (Fsp3) is 0.600. The van der Waals surface area contributed by atoms with Gasteiger partial charge in [0.2, 0.25) is 0 Å². The molecule has 0 spiro atoms. The van der Waals surface area contributed by atoms with Crippen LogP contribution in [-0.4, -0.2) is 70.3 Å². The van der Waals surface area contributed by atoms with Crippen molar-refractivity contribution in [3.05, 3.63) is 42.2 Å². The standard InChI is InChI=1S/C30H42N8O2/c1-17(2)37(14-24-23(39)13-26(40-24)38-16-34-27-28(31)32-15-33-29(27)38)20-10-18(11-20)6-9-25-35-21-8-7-19(30(3,4)5)12-22(21)36-25/h7-8,12,15-18,20,23-24,26,39H,6,9-11,13-14H2,1-5H3,(H,35,36)(H2,31,32,33). The Bertz CT molecular complexity index is 1480. The number of benzene rings is 1. The summed E-state index contributed by atoms with van der Waals surface area (Å²) < 4.78 is 8.23. The second-order valence-electron chi connectivity index (χ2n) is 13.0. The van der Waals surface area contributed by atoms with Gasteiger partial charge in [0, 0.05) is 31.5 Å². The average Bonchev–Trinajstić information content (AvgIpc) is 3.58. The first-order valence-corrected chi connectivity index (χ1v) is 14.6. The monoisotopic (exact) mass is 546 g/mol. The van der Waals surface area contributed by atoms with Crippen LogP contribution < -0.4 is 5.73 Å². The van der Waals surface area contributed by atoms with Crippen molar-refractivity contribution in [3.8, 4) is 0 Å². The average molecular weight is 547 g/mol. The second kappa shape index (κ2) is 10.4. The number of aliphatic hydroxyl groups excluding tert-OH is 1. The fourth-order valence-electron chi connectivity index (χ4n) is 6.32. The van der Waals surface area contributed by atoms with Crippen LogP contribution >= 0.6 is 0 Å². The molecule has 3 aromatic heterocycles.